The predicted molar refractivity (Wildman–Crippen MR) is 136 cm³/mol. The second-order valence-electron chi connectivity index (χ2n) is 8.66. The summed E-state index contributed by atoms with van der Waals surface area (Å²) >= 11 is 1.23. The van der Waals surface area contributed by atoms with Crippen LogP contribution in [0, 0.1) is 0 Å². The van der Waals surface area contributed by atoms with Gasteiger partial charge < -0.3 is 24.6 Å². The Kier molecular flexibility index (Phi) is 6.74. The first kappa shape index (κ1) is 25.8. The van der Waals surface area contributed by atoms with E-state index in [2.05, 4.69) is 15.6 Å². The van der Waals surface area contributed by atoms with Crippen molar-refractivity contribution in [3.8, 4) is 0 Å². The molecule has 2 atom stereocenters. The number of H-pyrrole nitrogens is 1. The summed E-state index contributed by atoms with van der Waals surface area (Å²) in [5.74, 6) is -2.96. The van der Waals surface area contributed by atoms with Crippen molar-refractivity contribution in [1.82, 2.24) is 19.8 Å². The predicted octanol–water partition coefficient (Wildman–Crippen LogP) is 0.847. The molecule has 15 heteroatoms. The molecule has 2 aromatic heterocycles. The summed E-state index contributed by atoms with van der Waals surface area (Å²) in [7, 11) is 0. The minimum Gasteiger partial charge on any atom is -0.477 e. The number of imidazole rings is 1. The average Bonchev–Trinajstić information content (AvgIpc) is 3.47. The lowest BCUT2D eigenvalue weighted by atomic mass is 10.0. The van der Waals surface area contributed by atoms with E-state index in [4.69, 9.17) is 9.15 Å². The largest absolute Gasteiger partial charge is 0.477 e. The van der Waals surface area contributed by atoms with Crippen molar-refractivity contribution in [2.24, 2.45) is 0 Å². The molecule has 3 aromatic rings. The fourth-order valence-electron chi connectivity index (χ4n) is 4.37. The summed E-state index contributed by atoms with van der Waals surface area (Å²) in [5.41, 5.74) is 0.491. The lowest BCUT2D eigenvalue weighted by Crippen LogP contribution is -2.70. The van der Waals surface area contributed by atoms with Crippen molar-refractivity contribution < 1.29 is 38.2 Å². The van der Waals surface area contributed by atoms with Crippen molar-refractivity contribution in [1.29, 1.82) is 0 Å². The number of aromatic nitrogens is 2. The van der Waals surface area contributed by atoms with Gasteiger partial charge >= 0.3 is 23.7 Å². The van der Waals surface area contributed by atoms with E-state index in [9.17, 15) is 33.9 Å². The topological polar surface area (TPSA) is 193 Å². The summed E-state index contributed by atoms with van der Waals surface area (Å²) in [6, 6.07) is 6.32. The SMILES string of the molecule is CC(=O)OCC1=C(C(=O)O)N2C(=O)C(NC(=O)Cc3ccoc3NC(=O)n3c(=O)[nH]c4ccccc43)[C@@H]2SC1. The van der Waals surface area contributed by atoms with Crippen molar-refractivity contribution in [3.63, 3.8) is 0 Å². The number of aliphatic carboxylic acids is 1. The van der Waals surface area contributed by atoms with E-state index in [0.717, 1.165) is 9.47 Å². The van der Waals surface area contributed by atoms with Crippen LogP contribution in [0.3, 0.4) is 0 Å². The van der Waals surface area contributed by atoms with Gasteiger partial charge in [-0.05, 0) is 18.2 Å². The number of ether oxygens (including phenoxy) is 1. The van der Waals surface area contributed by atoms with Crippen LogP contribution < -0.4 is 16.3 Å². The van der Waals surface area contributed by atoms with E-state index in [1.165, 1.54) is 31.0 Å². The van der Waals surface area contributed by atoms with Crippen LogP contribution in [0.5, 0.6) is 0 Å². The highest BCUT2D eigenvalue weighted by Gasteiger charge is 2.54. The van der Waals surface area contributed by atoms with Crippen LogP contribution in [0.1, 0.15) is 12.5 Å². The number of nitrogens with one attached hydrogen (secondary N) is 3. The van der Waals surface area contributed by atoms with E-state index < -0.39 is 46.9 Å². The first-order valence-corrected chi connectivity index (χ1v) is 12.6. The number of anilines is 1. The number of aromatic amines is 1. The smallest absolute Gasteiger partial charge is 0.352 e. The van der Waals surface area contributed by atoms with Gasteiger partial charge in [0, 0.05) is 23.8 Å². The summed E-state index contributed by atoms with van der Waals surface area (Å²) in [6.07, 6.45) is 0.993. The highest BCUT2D eigenvalue weighted by molar-refractivity contribution is 8.00. The normalized spacial score (nSPS) is 18.4. The first-order valence-electron chi connectivity index (χ1n) is 11.6. The fraction of sp³-hybridized carbons (Fsp3) is 0.250. The Morgan fingerprint density at radius 3 is 2.72 bits per heavy atom. The third-order valence-corrected chi connectivity index (χ3v) is 7.47. The molecule has 1 fully saturated rings. The highest BCUT2D eigenvalue weighted by Crippen LogP contribution is 2.40. The molecule has 4 N–H and O–H groups in total. The number of hydrogen-bond donors (Lipinski definition) is 4. The van der Waals surface area contributed by atoms with Gasteiger partial charge in [0.2, 0.25) is 11.8 Å². The molecule has 0 aliphatic carbocycles. The number of benzene rings is 1. The number of esters is 1. The molecule has 5 rings (SSSR count). The lowest BCUT2D eigenvalue weighted by molar-refractivity contribution is -0.151. The quantitative estimate of drug-likeness (QED) is 0.240. The van der Waals surface area contributed by atoms with Crippen LogP contribution in [0.15, 0.2) is 57.1 Å². The van der Waals surface area contributed by atoms with Gasteiger partial charge in [-0.3, -0.25) is 24.6 Å². The summed E-state index contributed by atoms with van der Waals surface area (Å²) in [5, 5.41) is 14.1. The molecule has 14 nitrogen and oxygen atoms in total. The number of hydrogen-bond acceptors (Lipinski definition) is 9. The Labute approximate surface area is 223 Å². The second-order valence-corrected chi connectivity index (χ2v) is 9.76. The molecule has 0 spiro atoms. The van der Waals surface area contributed by atoms with E-state index in [1.807, 2.05) is 0 Å². The van der Waals surface area contributed by atoms with Gasteiger partial charge in [-0.15, -0.1) is 11.8 Å². The zero-order valence-corrected chi connectivity index (χ0v) is 21.1. The van der Waals surface area contributed by atoms with E-state index in [0.29, 0.717) is 16.6 Å². The summed E-state index contributed by atoms with van der Waals surface area (Å²) < 4.78 is 11.1. The molecular weight excluding hydrogens is 534 g/mol. The lowest BCUT2D eigenvalue weighted by Gasteiger charge is -2.49. The van der Waals surface area contributed by atoms with Crippen LogP contribution >= 0.6 is 11.8 Å². The molecule has 4 heterocycles. The van der Waals surface area contributed by atoms with Crippen molar-refractivity contribution in [2.75, 3.05) is 17.7 Å². The minimum atomic E-state index is -1.34. The Morgan fingerprint density at radius 1 is 1.21 bits per heavy atom. The zero-order chi connectivity index (χ0) is 27.8. The minimum absolute atomic E-state index is 0.0489. The maximum absolute atomic E-state index is 12.8. The van der Waals surface area contributed by atoms with Gasteiger partial charge in [-0.25, -0.2) is 19.0 Å². The Bertz CT molecular complexity index is 1620. The Balaban J connectivity index is 1.25. The molecule has 202 valence electrons. The van der Waals surface area contributed by atoms with Crippen LogP contribution in [0.4, 0.5) is 10.7 Å². The van der Waals surface area contributed by atoms with Crippen LogP contribution in [0.2, 0.25) is 0 Å². The standard InChI is InChI=1S/C24H21N5O9S/c1-11(30)38-9-13-10-39-21-17(20(32)29(21)18(13)22(33)34)26-16(31)8-12-6-7-37-19(12)27-24(36)28-15-5-3-2-4-14(15)25-23(28)35/h2-7,17,21H,8-10H2,1H3,(H,25,35)(H,26,31)(H,27,36)(H,33,34)/t17?,21-/m0/s1. The van der Waals surface area contributed by atoms with Gasteiger partial charge in [0.05, 0.1) is 23.7 Å². The molecule has 0 radical (unpaired) electrons. The number of thioether (sulfide) groups is 1. The van der Waals surface area contributed by atoms with Crippen LogP contribution in [0.25, 0.3) is 11.0 Å². The number of carboxylic acids is 1. The number of β-lactam (4-membered cyclic amide) rings is 1. The third kappa shape index (κ3) is 4.79. The van der Waals surface area contributed by atoms with Crippen LogP contribution in [-0.4, -0.2) is 73.1 Å². The number of nitrogens with zero attached hydrogens (tertiary/aromatic N) is 2. The number of fused-ring (bicyclic) bond motifs is 2. The summed E-state index contributed by atoms with van der Waals surface area (Å²) in [6.45, 7) is 0.941. The molecule has 0 bridgehead atoms. The highest BCUT2D eigenvalue weighted by atomic mass is 32.2. The van der Waals surface area contributed by atoms with E-state index >= 15 is 0 Å². The van der Waals surface area contributed by atoms with Crippen LogP contribution in [-0.2, 0) is 30.3 Å². The van der Waals surface area contributed by atoms with Crippen molar-refractivity contribution in [3.05, 3.63) is 63.9 Å². The Morgan fingerprint density at radius 2 is 1.97 bits per heavy atom. The van der Waals surface area contributed by atoms with Gasteiger partial charge in [-0.2, -0.15) is 0 Å². The zero-order valence-electron chi connectivity index (χ0n) is 20.3. The van der Waals surface area contributed by atoms with Gasteiger partial charge in [-0.1, -0.05) is 12.1 Å². The number of carbonyl (C=O) groups is 5. The van der Waals surface area contributed by atoms with Crippen molar-refractivity contribution in [2.45, 2.75) is 24.8 Å². The molecule has 39 heavy (non-hydrogen) atoms. The molecule has 3 amide bonds. The first-order chi connectivity index (χ1) is 18.7. The average molecular weight is 556 g/mol. The van der Waals surface area contributed by atoms with E-state index in [-0.39, 0.29) is 35.9 Å². The number of furan rings is 1. The molecule has 2 aliphatic rings. The van der Waals surface area contributed by atoms with Crippen molar-refractivity contribution >= 4 is 58.5 Å². The molecule has 2 aliphatic heterocycles. The molecular formula is C24H21N5O9S. The number of carbonyl (C=O) groups excluding carboxylic acids is 4. The number of carboxylic acid groups (broad SMARTS) is 1. The maximum atomic E-state index is 12.8. The van der Waals surface area contributed by atoms with Gasteiger partial charge in [0.1, 0.15) is 23.7 Å². The maximum Gasteiger partial charge on any atom is 0.352 e. The summed E-state index contributed by atoms with van der Waals surface area (Å²) in [4.78, 5) is 77.3. The third-order valence-electron chi connectivity index (χ3n) is 6.13. The van der Waals surface area contributed by atoms with Gasteiger partial charge in [0.25, 0.3) is 5.91 Å². The second kappa shape index (κ2) is 10.2. The number of amides is 3. The number of para-hydroxylation sites is 2. The molecule has 1 aromatic carbocycles. The molecule has 1 unspecified atom stereocenters. The molecule has 0 saturated carbocycles. The fourth-order valence-corrected chi connectivity index (χ4v) is 5.70. The molecule has 1 saturated heterocycles. The van der Waals surface area contributed by atoms with Gasteiger partial charge in [0.15, 0.2) is 0 Å². The monoisotopic (exact) mass is 555 g/mol. The Hall–Kier alpha value is -4.79. The number of rotatable bonds is 7. The van der Waals surface area contributed by atoms with E-state index in [1.54, 1.807) is 24.3 Å².